The highest BCUT2D eigenvalue weighted by Gasteiger charge is 2.13. The summed E-state index contributed by atoms with van der Waals surface area (Å²) in [4.78, 5) is 23.1. The molecule has 0 fully saturated rings. The fourth-order valence-electron chi connectivity index (χ4n) is 2.90. The molecule has 2 aromatic rings. The van der Waals surface area contributed by atoms with Gasteiger partial charge in [0.15, 0.2) is 0 Å². The van der Waals surface area contributed by atoms with E-state index in [9.17, 15) is 9.59 Å². The lowest BCUT2D eigenvalue weighted by Crippen LogP contribution is -2.28. The number of carboxylic acids is 1. The van der Waals surface area contributed by atoms with Crippen LogP contribution >= 0.6 is 0 Å². The molecule has 1 aromatic carbocycles. The molecule has 1 aromatic heterocycles. The second kappa shape index (κ2) is 9.67. The molecule has 1 unspecified atom stereocenters. The Bertz CT molecular complexity index is 679. The first-order valence-corrected chi connectivity index (χ1v) is 8.79. The van der Waals surface area contributed by atoms with E-state index >= 15 is 0 Å². The number of nitrogens with one attached hydrogen (secondary N) is 1. The minimum atomic E-state index is -0.763. The predicted molar refractivity (Wildman–Crippen MR) is 97.6 cm³/mol. The molecule has 0 radical (unpaired) electrons. The molecule has 1 heterocycles. The van der Waals surface area contributed by atoms with Crippen molar-refractivity contribution >= 4 is 11.9 Å². The highest BCUT2D eigenvalue weighted by atomic mass is 16.4. The minimum Gasteiger partial charge on any atom is -0.481 e. The lowest BCUT2D eigenvalue weighted by atomic mass is 9.96. The fourth-order valence-corrected chi connectivity index (χ4v) is 2.90. The van der Waals surface area contributed by atoms with E-state index in [4.69, 9.17) is 5.11 Å². The monoisotopic (exact) mass is 342 g/mol. The lowest BCUT2D eigenvalue weighted by Gasteiger charge is -2.14. The number of rotatable bonds is 10. The van der Waals surface area contributed by atoms with Gasteiger partial charge in [0.05, 0.1) is 0 Å². The standard InChI is InChI=1S/C20H26N2O3/c1-2-16(10-11-19(23)24)12-13-21-20(25)18-9-6-14-22(18)15-17-7-4-3-5-8-17/h3-9,14,16H,2,10-13,15H2,1H3,(H,21,25)(H,23,24). The van der Waals surface area contributed by atoms with E-state index in [2.05, 4.69) is 12.2 Å². The van der Waals surface area contributed by atoms with Crippen molar-refractivity contribution in [3.8, 4) is 0 Å². The minimum absolute atomic E-state index is 0.0889. The molecule has 0 spiro atoms. The molecule has 0 aliphatic carbocycles. The summed E-state index contributed by atoms with van der Waals surface area (Å²) in [5, 5.41) is 11.7. The van der Waals surface area contributed by atoms with Crippen LogP contribution in [0.25, 0.3) is 0 Å². The number of nitrogens with zero attached hydrogens (tertiary/aromatic N) is 1. The number of carbonyl (C=O) groups excluding carboxylic acids is 1. The first-order valence-electron chi connectivity index (χ1n) is 8.79. The number of hydrogen-bond donors (Lipinski definition) is 2. The first-order chi connectivity index (χ1) is 12.1. The molecule has 0 aliphatic rings. The van der Waals surface area contributed by atoms with Crippen LogP contribution in [0, 0.1) is 5.92 Å². The van der Waals surface area contributed by atoms with Gasteiger partial charge in [-0.1, -0.05) is 43.7 Å². The van der Waals surface area contributed by atoms with Gasteiger partial charge in [-0.05, 0) is 36.5 Å². The van der Waals surface area contributed by atoms with Crippen LogP contribution in [0.5, 0.6) is 0 Å². The van der Waals surface area contributed by atoms with E-state index in [1.807, 2.05) is 53.2 Å². The molecule has 5 nitrogen and oxygen atoms in total. The molecule has 1 amide bonds. The zero-order valence-corrected chi connectivity index (χ0v) is 14.6. The number of carboxylic acid groups (broad SMARTS) is 1. The third kappa shape index (κ3) is 6.10. The smallest absolute Gasteiger partial charge is 0.303 e. The Morgan fingerprint density at radius 2 is 1.88 bits per heavy atom. The van der Waals surface area contributed by atoms with Crippen LogP contribution in [0.1, 0.15) is 48.7 Å². The number of carbonyl (C=O) groups is 2. The van der Waals surface area contributed by atoms with Gasteiger partial charge in [-0.3, -0.25) is 9.59 Å². The van der Waals surface area contributed by atoms with Crippen molar-refractivity contribution in [1.82, 2.24) is 9.88 Å². The van der Waals surface area contributed by atoms with Gasteiger partial charge < -0.3 is 15.0 Å². The Hall–Kier alpha value is -2.56. The number of benzene rings is 1. The third-order valence-corrected chi connectivity index (χ3v) is 4.44. The number of amides is 1. The third-order valence-electron chi connectivity index (χ3n) is 4.44. The lowest BCUT2D eigenvalue weighted by molar-refractivity contribution is -0.137. The van der Waals surface area contributed by atoms with Crippen LogP contribution in [0.15, 0.2) is 48.7 Å². The Kier molecular flexibility index (Phi) is 7.26. The topological polar surface area (TPSA) is 71.3 Å². The van der Waals surface area contributed by atoms with Gasteiger partial charge in [0.25, 0.3) is 5.91 Å². The van der Waals surface area contributed by atoms with Gasteiger partial charge in [0.1, 0.15) is 5.69 Å². The second-order valence-electron chi connectivity index (χ2n) is 6.26. The molecule has 0 saturated heterocycles. The molecule has 25 heavy (non-hydrogen) atoms. The summed E-state index contributed by atoms with van der Waals surface area (Å²) in [6.45, 7) is 3.28. The fraction of sp³-hybridized carbons (Fsp3) is 0.400. The molecular formula is C20H26N2O3. The second-order valence-corrected chi connectivity index (χ2v) is 6.26. The van der Waals surface area contributed by atoms with E-state index in [1.54, 1.807) is 0 Å². The molecule has 2 rings (SSSR count). The Morgan fingerprint density at radius 3 is 2.56 bits per heavy atom. The molecule has 5 heteroatoms. The van der Waals surface area contributed by atoms with Gasteiger partial charge in [-0.2, -0.15) is 0 Å². The van der Waals surface area contributed by atoms with Crippen LogP contribution in [0.2, 0.25) is 0 Å². The Balaban J connectivity index is 1.85. The molecule has 2 N–H and O–H groups in total. The van der Waals surface area contributed by atoms with Crippen molar-refractivity contribution in [3.05, 3.63) is 59.9 Å². The quantitative estimate of drug-likeness (QED) is 0.694. The van der Waals surface area contributed by atoms with Crippen molar-refractivity contribution < 1.29 is 14.7 Å². The van der Waals surface area contributed by atoms with E-state index in [0.717, 1.165) is 18.4 Å². The maximum Gasteiger partial charge on any atom is 0.303 e. The van der Waals surface area contributed by atoms with Gasteiger partial charge in [-0.25, -0.2) is 0 Å². The van der Waals surface area contributed by atoms with Gasteiger partial charge in [0, 0.05) is 25.7 Å². The summed E-state index contributed by atoms with van der Waals surface area (Å²) in [5.41, 5.74) is 1.79. The van der Waals surface area contributed by atoms with Crippen LogP contribution in [-0.2, 0) is 11.3 Å². The van der Waals surface area contributed by atoms with Crippen LogP contribution in [0.3, 0.4) is 0 Å². The van der Waals surface area contributed by atoms with E-state index in [1.165, 1.54) is 0 Å². The zero-order chi connectivity index (χ0) is 18.1. The average molecular weight is 342 g/mol. The van der Waals surface area contributed by atoms with Gasteiger partial charge in [0.2, 0.25) is 0 Å². The SMILES string of the molecule is CCC(CCNC(=O)c1cccn1Cc1ccccc1)CCC(=O)O. The zero-order valence-electron chi connectivity index (χ0n) is 14.6. The van der Waals surface area contributed by atoms with Gasteiger partial charge in [-0.15, -0.1) is 0 Å². The first kappa shape index (κ1) is 18.8. The maximum absolute atomic E-state index is 12.4. The maximum atomic E-state index is 12.4. The van der Waals surface area contributed by atoms with E-state index in [-0.39, 0.29) is 12.3 Å². The van der Waals surface area contributed by atoms with Gasteiger partial charge >= 0.3 is 5.97 Å². The summed E-state index contributed by atoms with van der Waals surface area (Å²) < 4.78 is 1.94. The normalized spacial score (nSPS) is 11.9. The van der Waals surface area contributed by atoms with Crippen molar-refractivity contribution in [3.63, 3.8) is 0 Å². The highest BCUT2D eigenvalue weighted by molar-refractivity contribution is 5.92. The molecule has 0 aliphatic heterocycles. The average Bonchev–Trinajstić information content (AvgIpc) is 3.06. The Morgan fingerprint density at radius 1 is 1.12 bits per heavy atom. The van der Waals surface area contributed by atoms with Crippen molar-refractivity contribution in [1.29, 1.82) is 0 Å². The van der Waals surface area contributed by atoms with Crippen molar-refractivity contribution in [2.75, 3.05) is 6.54 Å². The van der Waals surface area contributed by atoms with E-state index < -0.39 is 5.97 Å². The summed E-state index contributed by atoms with van der Waals surface area (Å²) in [6, 6.07) is 13.7. The Labute approximate surface area is 148 Å². The van der Waals surface area contributed by atoms with Crippen LogP contribution in [-0.4, -0.2) is 28.1 Å². The van der Waals surface area contributed by atoms with E-state index in [0.29, 0.717) is 31.1 Å². The summed E-state index contributed by atoms with van der Waals surface area (Å²) in [5.74, 6) is -0.525. The molecule has 0 bridgehead atoms. The van der Waals surface area contributed by atoms with Crippen molar-refractivity contribution in [2.24, 2.45) is 5.92 Å². The summed E-state index contributed by atoms with van der Waals surface area (Å²) >= 11 is 0. The van der Waals surface area contributed by atoms with Crippen LogP contribution in [0.4, 0.5) is 0 Å². The predicted octanol–water partition coefficient (Wildman–Crippen LogP) is 3.55. The number of aromatic nitrogens is 1. The highest BCUT2D eigenvalue weighted by Crippen LogP contribution is 2.15. The molecular weight excluding hydrogens is 316 g/mol. The largest absolute Gasteiger partial charge is 0.481 e. The summed E-state index contributed by atoms with van der Waals surface area (Å²) in [6.07, 6.45) is 4.48. The number of hydrogen-bond acceptors (Lipinski definition) is 2. The molecule has 0 saturated carbocycles. The molecule has 1 atom stereocenters. The van der Waals surface area contributed by atoms with Crippen LogP contribution < -0.4 is 5.32 Å². The number of aliphatic carboxylic acids is 1. The van der Waals surface area contributed by atoms with Crippen molar-refractivity contribution in [2.45, 2.75) is 39.2 Å². The molecule has 134 valence electrons. The summed E-state index contributed by atoms with van der Waals surface area (Å²) in [7, 11) is 0.